The highest BCUT2D eigenvalue weighted by molar-refractivity contribution is 7.86. The topological polar surface area (TPSA) is 367 Å². The van der Waals surface area contributed by atoms with Crippen LogP contribution in [0.3, 0.4) is 0 Å². The number of phosphoric acid groups is 2. The van der Waals surface area contributed by atoms with Crippen LogP contribution in [0.5, 0.6) is 0 Å². The minimum atomic E-state index is -5.77. The Morgan fingerprint density at radius 2 is 1.63 bits per heavy atom. The molecular formula is C22H30BN11O15P3-2. The van der Waals surface area contributed by atoms with E-state index in [-0.39, 0.29) is 47.3 Å². The third-order valence-electron chi connectivity index (χ3n) is 7.74. The van der Waals surface area contributed by atoms with Gasteiger partial charge in [0.15, 0.2) is 29.9 Å². The van der Waals surface area contributed by atoms with E-state index in [4.69, 9.17) is 33.0 Å². The summed E-state index contributed by atoms with van der Waals surface area (Å²) in [5.74, 6) is -0.436. The van der Waals surface area contributed by atoms with Crippen molar-refractivity contribution in [3.05, 3.63) is 33.4 Å². The van der Waals surface area contributed by atoms with E-state index < -0.39 is 84.3 Å². The van der Waals surface area contributed by atoms with E-state index >= 15 is 0 Å². The number of aliphatic hydroxyl groups excluding tert-OH is 2. The Morgan fingerprint density at radius 1 is 1.00 bits per heavy atom. The van der Waals surface area contributed by atoms with E-state index in [9.17, 15) is 43.3 Å². The number of nitrogen functional groups attached to an aromatic ring is 2. The van der Waals surface area contributed by atoms with Gasteiger partial charge in [0.25, 0.3) is 32.7 Å². The molecule has 6 rings (SSSR count). The van der Waals surface area contributed by atoms with Crippen molar-refractivity contribution in [1.82, 2.24) is 39.0 Å². The molecule has 0 amide bonds. The second-order valence-electron chi connectivity index (χ2n) is 11.7. The first-order valence-corrected chi connectivity index (χ1v) is 19.3. The van der Waals surface area contributed by atoms with Crippen LogP contribution in [-0.4, -0.2) is 114 Å². The molecule has 3 radical (unpaired) electrons. The first-order valence-electron chi connectivity index (χ1n) is 14.8. The number of hydrogen-bond donors (Lipinski definition) is 6. The van der Waals surface area contributed by atoms with E-state index in [1.54, 1.807) is 19.0 Å². The fourth-order valence-corrected chi connectivity index (χ4v) is 9.30. The summed E-state index contributed by atoms with van der Waals surface area (Å²) < 4.78 is 70.9. The van der Waals surface area contributed by atoms with Gasteiger partial charge in [-0.05, 0) is 7.05 Å². The minimum absolute atomic E-state index is 0.128. The predicted molar refractivity (Wildman–Crippen MR) is 168 cm³/mol. The molecule has 2 fully saturated rings. The monoisotopic (exact) mass is 792 g/mol. The maximum absolute atomic E-state index is 12.6. The average Bonchev–Trinajstić information content (AvgIpc) is 3.67. The molecule has 9 atom stereocenters. The van der Waals surface area contributed by atoms with Gasteiger partial charge in [-0.2, -0.15) is 4.98 Å². The van der Waals surface area contributed by atoms with Crippen molar-refractivity contribution in [2.75, 3.05) is 44.8 Å². The summed E-state index contributed by atoms with van der Waals surface area (Å²) in [4.78, 5) is 67.8. The maximum atomic E-state index is 12.6. The first-order chi connectivity index (χ1) is 24.2. The molecule has 2 aliphatic rings. The zero-order valence-electron chi connectivity index (χ0n) is 26.9. The summed E-state index contributed by atoms with van der Waals surface area (Å²) in [5, 5.41) is 21.0. The van der Waals surface area contributed by atoms with Crippen LogP contribution in [0.15, 0.2) is 22.2 Å². The van der Waals surface area contributed by atoms with Crippen molar-refractivity contribution in [3.8, 4) is 0 Å². The number of aryl methyl sites for hydroxylation is 1. The molecule has 5 unspecified atom stereocenters. The molecule has 6 heterocycles. The van der Waals surface area contributed by atoms with Crippen LogP contribution >= 0.6 is 23.1 Å². The van der Waals surface area contributed by atoms with Gasteiger partial charge in [0.05, 0.1) is 46.7 Å². The molecule has 2 saturated heterocycles. The number of fused-ring (bicyclic) bond motifs is 2. The van der Waals surface area contributed by atoms with Gasteiger partial charge in [0.1, 0.15) is 18.3 Å². The second kappa shape index (κ2) is 14.1. The fraction of sp³-hybridized carbons (Fsp3) is 0.545. The zero-order chi connectivity index (χ0) is 37.9. The number of phosphoric ester groups is 2. The summed E-state index contributed by atoms with van der Waals surface area (Å²) in [6.45, 7) is -1.40. The smallest absolute Gasteiger partial charge is 0.313 e. The molecule has 0 bridgehead atoms. The fourth-order valence-electron chi connectivity index (χ4n) is 5.63. The Bertz CT molecular complexity index is 2270. The van der Waals surface area contributed by atoms with Crippen LogP contribution in [0.2, 0.25) is 0 Å². The van der Waals surface area contributed by atoms with Gasteiger partial charge in [-0.3, -0.25) is 51.3 Å². The first kappa shape index (κ1) is 38.3. The molecular weight excluding hydrogens is 762 g/mol. The number of hydrogen-bond acceptors (Lipinski definition) is 21. The minimum Gasteiger partial charge on any atom is -0.756 e. The van der Waals surface area contributed by atoms with E-state index in [0.29, 0.717) is 0 Å². The number of morpholine rings is 1. The maximum Gasteiger partial charge on any atom is 0.313 e. The number of H-pyrrole nitrogens is 2. The van der Waals surface area contributed by atoms with Crippen molar-refractivity contribution in [2.45, 2.75) is 36.9 Å². The molecule has 0 aliphatic carbocycles. The lowest BCUT2D eigenvalue weighted by Crippen LogP contribution is -2.54. The lowest BCUT2D eigenvalue weighted by Gasteiger charge is -2.38. The van der Waals surface area contributed by atoms with Crippen LogP contribution in [0.25, 0.3) is 22.3 Å². The highest BCUT2D eigenvalue weighted by Crippen LogP contribution is 2.65. The molecule has 4 aromatic rings. The van der Waals surface area contributed by atoms with Gasteiger partial charge in [-0.25, -0.2) is 9.55 Å². The molecule has 8 N–H and O–H groups in total. The number of nitrogens with two attached hydrogens (primary N) is 2. The van der Waals surface area contributed by atoms with Crippen molar-refractivity contribution in [3.63, 3.8) is 0 Å². The number of aromatic nitrogens is 8. The van der Waals surface area contributed by atoms with Crippen LogP contribution < -0.4 is 36.9 Å². The third kappa shape index (κ3) is 8.07. The Hall–Kier alpha value is -3.39. The Morgan fingerprint density at radius 3 is 2.33 bits per heavy atom. The second-order valence-corrected chi connectivity index (χ2v) is 16.4. The van der Waals surface area contributed by atoms with Gasteiger partial charge in [-0.15, -0.1) is 0 Å². The van der Waals surface area contributed by atoms with Crippen LogP contribution in [-0.2, 0) is 47.9 Å². The summed E-state index contributed by atoms with van der Waals surface area (Å²) >= 11 is 0. The largest absolute Gasteiger partial charge is 0.756 e. The van der Waals surface area contributed by atoms with E-state index in [1.807, 2.05) is 0 Å². The van der Waals surface area contributed by atoms with Crippen LogP contribution in [0.1, 0.15) is 12.5 Å². The van der Waals surface area contributed by atoms with Gasteiger partial charge in [-0.1, -0.05) is 4.98 Å². The summed E-state index contributed by atoms with van der Waals surface area (Å²) in [6.07, 6.45) is -5.79. The SMILES string of the molecule is [B-]P(=O)(OP(=O)([O-])OCC1CN(C)CC([n+]2cn(C)c3c(=O)[nH]c(N)nc32)O1)OP(=O)([O-])OC[C@H]1O[C@@H](n2cnc3c(=O)[nH]c(N)nc32)[C@H](O)[C@@H]1O. The van der Waals surface area contributed by atoms with Gasteiger partial charge in [0.2, 0.25) is 11.5 Å². The zero-order valence-corrected chi connectivity index (χ0v) is 29.5. The molecule has 26 nitrogen and oxygen atoms in total. The molecule has 4 aromatic heterocycles. The third-order valence-corrected chi connectivity index (χ3v) is 12.1. The van der Waals surface area contributed by atoms with Crippen LogP contribution in [0, 0.1) is 0 Å². The standard InChI is InChI=1S/C22H31BN11O15P3/c1-31-3-9(46-11(4-31)34-8-32(2)13-17(34)28-22(25)30-19(13)38)5-44-51(40,41)48-50(23,39)49-52(42,43)45-6-10-14(35)15(36)20(47-10)33-7-26-12-16(33)27-21(24)29-18(12)37/h7-11,14-15,20,35-36H,3-6H2,1-2H3,(H7-,24,25,27,28,29,30,37,38,40,41,42,43)/q-1/p-1/t9?,10-,11?,14-,15-,20-,50?/m1/s1. The lowest BCUT2D eigenvalue weighted by atomic mass is 10.1. The number of imidazole rings is 2. The number of nitrogens with one attached hydrogen (secondary N) is 2. The number of anilines is 2. The number of ether oxygens (including phenoxy) is 2. The molecule has 30 heteroatoms. The highest BCUT2D eigenvalue weighted by Gasteiger charge is 2.45. The number of aromatic amines is 2. The van der Waals surface area contributed by atoms with Gasteiger partial charge >= 0.3 is 5.65 Å². The van der Waals surface area contributed by atoms with E-state index in [0.717, 1.165) is 10.9 Å². The average molecular weight is 792 g/mol. The Kier molecular flexibility index (Phi) is 10.4. The number of nitrogens with zero attached hydrogens (tertiary/aromatic N) is 7. The molecule has 2 aliphatic heterocycles. The van der Waals surface area contributed by atoms with Crippen molar-refractivity contribution in [1.29, 1.82) is 0 Å². The lowest BCUT2D eigenvalue weighted by molar-refractivity contribution is -0.747. The summed E-state index contributed by atoms with van der Waals surface area (Å²) in [5.41, 5.74) is 10.1. The normalized spacial score (nSPS) is 27.8. The van der Waals surface area contributed by atoms with Crippen molar-refractivity contribution >= 4 is 64.9 Å². The van der Waals surface area contributed by atoms with E-state index in [1.165, 1.54) is 15.5 Å². The van der Waals surface area contributed by atoms with Gasteiger partial charge in [0, 0.05) is 6.54 Å². The summed E-state index contributed by atoms with van der Waals surface area (Å²) in [7, 11) is -8.43. The summed E-state index contributed by atoms with van der Waals surface area (Å²) in [6, 6.07) is 0. The number of rotatable bonds is 12. The van der Waals surface area contributed by atoms with Crippen molar-refractivity contribution < 1.29 is 65.4 Å². The number of aliphatic hydroxyl groups is 2. The molecule has 0 aromatic carbocycles. The molecule has 0 spiro atoms. The van der Waals surface area contributed by atoms with Gasteiger partial charge < -0.3 is 62.1 Å². The Labute approximate surface area is 291 Å². The molecule has 283 valence electrons. The van der Waals surface area contributed by atoms with Crippen molar-refractivity contribution in [2.24, 2.45) is 7.05 Å². The Balaban J connectivity index is 1.04. The van der Waals surface area contributed by atoms with E-state index in [2.05, 4.69) is 38.1 Å². The number of likely N-dealkylation sites (N-methyl/N-ethyl adjacent to an activating group) is 1. The predicted octanol–water partition coefficient (Wildman–Crippen LogP) is -4.43. The van der Waals surface area contributed by atoms with Crippen LogP contribution in [0.4, 0.5) is 11.9 Å². The molecule has 52 heavy (non-hydrogen) atoms. The molecule has 0 saturated carbocycles. The quantitative estimate of drug-likeness (QED) is 0.0448. The highest BCUT2D eigenvalue weighted by atomic mass is 31.3.